The van der Waals surface area contributed by atoms with Crippen molar-refractivity contribution in [3.63, 3.8) is 0 Å². The fraction of sp³-hybridized carbons (Fsp3) is 1.00. The Bertz CT molecular complexity index is 221. The predicted molar refractivity (Wildman–Crippen MR) is 85.4 cm³/mol. The lowest BCUT2D eigenvalue weighted by Gasteiger charge is -2.51. The van der Waals surface area contributed by atoms with E-state index in [4.69, 9.17) is 5.73 Å². The lowest BCUT2D eigenvalue weighted by molar-refractivity contribution is 0.00196. The summed E-state index contributed by atoms with van der Waals surface area (Å²) in [5.41, 5.74) is 6.62. The molecule has 2 atom stereocenters. The van der Waals surface area contributed by atoms with Crippen LogP contribution in [0.15, 0.2) is 0 Å². The number of nitrogens with zero attached hydrogens (tertiary/aromatic N) is 1. The maximum Gasteiger partial charge on any atom is 0.0359 e. The van der Waals surface area contributed by atoms with Crippen LogP contribution in [-0.2, 0) is 0 Å². The highest BCUT2D eigenvalue weighted by atomic mass is 15.2. The van der Waals surface area contributed by atoms with Gasteiger partial charge in [-0.3, -0.25) is 4.90 Å². The Labute approximate surface area is 121 Å². The molecule has 1 fully saturated rings. The SMILES string of the molecule is CCCCN(CCCC)C1(CN)CCCCC1CC. The molecule has 0 aliphatic heterocycles. The van der Waals surface area contributed by atoms with Crippen molar-refractivity contribution in [2.75, 3.05) is 19.6 Å². The van der Waals surface area contributed by atoms with E-state index in [2.05, 4.69) is 25.7 Å². The summed E-state index contributed by atoms with van der Waals surface area (Å²) in [6.45, 7) is 10.3. The highest BCUT2D eigenvalue weighted by Crippen LogP contribution is 2.40. The van der Waals surface area contributed by atoms with E-state index in [1.165, 1.54) is 70.9 Å². The second-order valence-corrected chi connectivity index (χ2v) is 6.35. The van der Waals surface area contributed by atoms with E-state index < -0.39 is 0 Å². The molecule has 1 rings (SSSR count). The van der Waals surface area contributed by atoms with Crippen LogP contribution in [0, 0.1) is 5.92 Å². The third-order valence-corrected chi connectivity index (χ3v) is 5.21. The van der Waals surface area contributed by atoms with E-state index in [9.17, 15) is 0 Å². The van der Waals surface area contributed by atoms with Crippen LogP contribution in [0.2, 0.25) is 0 Å². The Balaban J connectivity index is 2.83. The third-order valence-electron chi connectivity index (χ3n) is 5.21. The van der Waals surface area contributed by atoms with Gasteiger partial charge in [-0.1, -0.05) is 52.9 Å². The van der Waals surface area contributed by atoms with Gasteiger partial charge >= 0.3 is 0 Å². The van der Waals surface area contributed by atoms with Gasteiger partial charge < -0.3 is 5.73 Å². The Hall–Kier alpha value is -0.0800. The Morgan fingerprint density at radius 3 is 2.16 bits per heavy atom. The minimum Gasteiger partial charge on any atom is -0.329 e. The van der Waals surface area contributed by atoms with Crippen molar-refractivity contribution in [1.29, 1.82) is 0 Å². The zero-order valence-electron chi connectivity index (χ0n) is 13.6. The largest absolute Gasteiger partial charge is 0.329 e. The first-order valence-electron chi connectivity index (χ1n) is 8.70. The molecule has 2 nitrogen and oxygen atoms in total. The molecule has 114 valence electrons. The molecular formula is C17H36N2. The van der Waals surface area contributed by atoms with Crippen molar-refractivity contribution in [1.82, 2.24) is 4.90 Å². The summed E-state index contributed by atoms with van der Waals surface area (Å²) >= 11 is 0. The van der Waals surface area contributed by atoms with Gasteiger partial charge in [0.2, 0.25) is 0 Å². The molecule has 2 N–H and O–H groups in total. The van der Waals surface area contributed by atoms with Crippen LogP contribution >= 0.6 is 0 Å². The van der Waals surface area contributed by atoms with Gasteiger partial charge in [0.05, 0.1) is 0 Å². The monoisotopic (exact) mass is 268 g/mol. The highest BCUT2D eigenvalue weighted by Gasteiger charge is 2.42. The summed E-state index contributed by atoms with van der Waals surface area (Å²) in [7, 11) is 0. The van der Waals surface area contributed by atoms with Gasteiger partial charge in [0.15, 0.2) is 0 Å². The summed E-state index contributed by atoms with van der Waals surface area (Å²) in [6, 6.07) is 0. The van der Waals surface area contributed by atoms with Crippen molar-refractivity contribution < 1.29 is 0 Å². The van der Waals surface area contributed by atoms with Crippen molar-refractivity contribution in [2.24, 2.45) is 11.7 Å². The van der Waals surface area contributed by atoms with E-state index >= 15 is 0 Å². The summed E-state index contributed by atoms with van der Waals surface area (Å²) in [5, 5.41) is 0. The minimum atomic E-state index is 0.317. The average molecular weight is 268 g/mol. The second kappa shape index (κ2) is 8.97. The smallest absolute Gasteiger partial charge is 0.0359 e. The molecule has 19 heavy (non-hydrogen) atoms. The van der Waals surface area contributed by atoms with Crippen molar-refractivity contribution in [2.45, 2.75) is 84.1 Å². The maximum atomic E-state index is 6.31. The van der Waals surface area contributed by atoms with Gasteiger partial charge in [0.25, 0.3) is 0 Å². The molecule has 0 spiro atoms. The quantitative estimate of drug-likeness (QED) is 0.679. The molecule has 1 saturated carbocycles. The second-order valence-electron chi connectivity index (χ2n) is 6.35. The number of unbranched alkanes of at least 4 members (excludes halogenated alkanes) is 2. The van der Waals surface area contributed by atoms with Crippen LogP contribution < -0.4 is 5.73 Å². The topological polar surface area (TPSA) is 29.3 Å². The zero-order valence-corrected chi connectivity index (χ0v) is 13.6. The molecule has 1 aliphatic rings. The number of hydrogen-bond acceptors (Lipinski definition) is 2. The van der Waals surface area contributed by atoms with Crippen LogP contribution in [0.5, 0.6) is 0 Å². The van der Waals surface area contributed by atoms with E-state index in [1.807, 2.05) is 0 Å². The van der Waals surface area contributed by atoms with Crippen LogP contribution in [0.25, 0.3) is 0 Å². The molecule has 2 unspecified atom stereocenters. The van der Waals surface area contributed by atoms with Crippen LogP contribution in [-0.4, -0.2) is 30.1 Å². The fourth-order valence-corrected chi connectivity index (χ4v) is 3.95. The van der Waals surface area contributed by atoms with E-state index in [0.29, 0.717) is 5.54 Å². The van der Waals surface area contributed by atoms with E-state index in [-0.39, 0.29) is 0 Å². The lowest BCUT2D eigenvalue weighted by atomic mass is 9.70. The molecular weight excluding hydrogens is 232 g/mol. The Morgan fingerprint density at radius 2 is 1.68 bits per heavy atom. The Kier molecular flexibility index (Phi) is 8.01. The Morgan fingerprint density at radius 1 is 1.05 bits per heavy atom. The third kappa shape index (κ3) is 4.19. The predicted octanol–water partition coefficient (Wildman–Crippen LogP) is 4.19. The molecule has 0 bridgehead atoms. The summed E-state index contributed by atoms with van der Waals surface area (Å²) in [4.78, 5) is 2.79. The molecule has 0 radical (unpaired) electrons. The molecule has 0 heterocycles. The van der Waals surface area contributed by atoms with Gasteiger partial charge in [0, 0.05) is 12.1 Å². The lowest BCUT2D eigenvalue weighted by Crippen LogP contribution is -2.60. The van der Waals surface area contributed by atoms with Gasteiger partial charge in [-0.05, 0) is 44.7 Å². The molecule has 0 aromatic heterocycles. The molecule has 0 aromatic carbocycles. The highest BCUT2D eigenvalue weighted by molar-refractivity contribution is 4.99. The number of nitrogens with two attached hydrogens (primary N) is 1. The van der Waals surface area contributed by atoms with E-state index in [1.54, 1.807) is 0 Å². The molecule has 0 amide bonds. The van der Waals surface area contributed by atoms with Gasteiger partial charge in [0.1, 0.15) is 0 Å². The number of rotatable bonds is 9. The summed E-state index contributed by atoms with van der Waals surface area (Å²) in [6.07, 6.45) is 12.0. The first-order chi connectivity index (χ1) is 9.25. The van der Waals surface area contributed by atoms with Gasteiger partial charge in [-0.15, -0.1) is 0 Å². The summed E-state index contributed by atoms with van der Waals surface area (Å²) < 4.78 is 0. The van der Waals surface area contributed by atoms with E-state index in [0.717, 1.165) is 12.5 Å². The van der Waals surface area contributed by atoms with Crippen LogP contribution in [0.3, 0.4) is 0 Å². The first-order valence-corrected chi connectivity index (χ1v) is 8.70. The summed E-state index contributed by atoms with van der Waals surface area (Å²) in [5.74, 6) is 0.819. The normalized spacial score (nSPS) is 27.9. The van der Waals surface area contributed by atoms with Gasteiger partial charge in [-0.2, -0.15) is 0 Å². The van der Waals surface area contributed by atoms with Crippen LogP contribution in [0.4, 0.5) is 0 Å². The molecule has 0 saturated heterocycles. The van der Waals surface area contributed by atoms with Crippen molar-refractivity contribution >= 4 is 0 Å². The maximum absolute atomic E-state index is 6.31. The van der Waals surface area contributed by atoms with Crippen molar-refractivity contribution in [3.05, 3.63) is 0 Å². The van der Waals surface area contributed by atoms with Crippen LogP contribution in [0.1, 0.15) is 78.6 Å². The van der Waals surface area contributed by atoms with Gasteiger partial charge in [-0.25, -0.2) is 0 Å². The molecule has 1 aliphatic carbocycles. The standard InChI is InChI=1S/C17H36N2/c1-4-7-13-19(14-8-5-2)17(15-18)12-10-9-11-16(17)6-3/h16H,4-15,18H2,1-3H3. The van der Waals surface area contributed by atoms with Crippen molar-refractivity contribution in [3.8, 4) is 0 Å². The molecule has 0 aromatic rings. The minimum absolute atomic E-state index is 0.317. The zero-order chi connectivity index (χ0) is 14.1. The fourth-order valence-electron chi connectivity index (χ4n) is 3.95. The molecule has 2 heteroatoms. The number of hydrogen-bond donors (Lipinski definition) is 1. The average Bonchev–Trinajstić information content (AvgIpc) is 2.47. The first kappa shape index (κ1) is 17.0.